The van der Waals surface area contributed by atoms with Crippen molar-refractivity contribution < 1.29 is 14.4 Å². The molecule has 104 valence electrons. The van der Waals surface area contributed by atoms with Crippen LogP contribution in [0.3, 0.4) is 0 Å². The minimum Gasteiger partial charge on any atom is -0.298 e. The molecule has 0 heterocycles. The van der Waals surface area contributed by atoms with Crippen LogP contribution in [0.15, 0.2) is 30.3 Å². The summed E-state index contributed by atoms with van der Waals surface area (Å²) in [4.78, 5) is 37.3. The van der Waals surface area contributed by atoms with Crippen molar-refractivity contribution >= 4 is 17.3 Å². The fourth-order valence-corrected chi connectivity index (χ4v) is 3.68. The summed E-state index contributed by atoms with van der Waals surface area (Å²) >= 11 is 0. The van der Waals surface area contributed by atoms with Crippen LogP contribution in [0.4, 0.5) is 0 Å². The molecule has 1 aromatic rings. The van der Waals surface area contributed by atoms with Gasteiger partial charge >= 0.3 is 0 Å². The van der Waals surface area contributed by atoms with E-state index in [2.05, 4.69) is 0 Å². The summed E-state index contributed by atoms with van der Waals surface area (Å²) < 4.78 is 0. The Morgan fingerprint density at radius 3 is 1.95 bits per heavy atom. The quantitative estimate of drug-likeness (QED) is 0.737. The van der Waals surface area contributed by atoms with Crippen LogP contribution in [0.2, 0.25) is 0 Å². The highest BCUT2D eigenvalue weighted by molar-refractivity contribution is 6.30. The predicted molar refractivity (Wildman–Crippen MR) is 74.3 cm³/mol. The van der Waals surface area contributed by atoms with Crippen LogP contribution in [-0.4, -0.2) is 17.3 Å². The van der Waals surface area contributed by atoms with Crippen LogP contribution in [0.5, 0.6) is 0 Å². The molecule has 1 unspecified atom stereocenters. The van der Waals surface area contributed by atoms with Crippen LogP contribution in [0.25, 0.3) is 0 Å². The van der Waals surface area contributed by atoms with Crippen molar-refractivity contribution in [2.45, 2.75) is 39.0 Å². The van der Waals surface area contributed by atoms with Crippen molar-refractivity contribution in [3.05, 3.63) is 35.9 Å². The van der Waals surface area contributed by atoms with Gasteiger partial charge < -0.3 is 0 Å². The number of benzene rings is 1. The summed E-state index contributed by atoms with van der Waals surface area (Å²) in [6.07, 6.45) is 0.934. The van der Waals surface area contributed by atoms with E-state index in [0.717, 1.165) is 5.56 Å². The molecule has 1 aromatic carbocycles. The molecule has 2 aliphatic rings. The Hall–Kier alpha value is -1.77. The van der Waals surface area contributed by atoms with Gasteiger partial charge in [-0.2, -0.15) is 0 Å². The average Bonchev–Trinajstić information content (AvgIpc) is 2.34. The summed E-state index contributed by atoms with van der Waals surface area (Å²) in [5.74, 6) is -0.795. The maximum Gasteiger partial charge on any atom is 0.155 e. The van der Waals surface area contributed by atoms with E-state index in [1.54, 1.807) is 0 Å². The third-order valence-electron chi connectivity index (χ3n) is 4.71. The first-order chi connectivity index (χ1) is 9.38. The molecule has 0 amide bonds. The highest BCUT2D eigenvalue weighted by Gasteiger charge is 2.67. The molecule has 3 heteroatoms. The summed E-state index contributed by atoms with van der Waals surface area (Å²) in [6.45, 7) is 3.83. The lowest BCUT2D eigenvalue weighted by atomic mass is 9.47. The van der Waals surface area contributed by atoms with E-state index in [9.17, 15) is 14.4 Å². The third-order valence-corrected chi connectivity index (χ3v) is 4.71. The number of ketones is 3. The summed E-state index contributed by atoms with van der Waals surface area (Å²) in [7, 11) is 0. The van der Waals surface area contributed by atoms with E-state index in [1.165, 1.54) is 0 Å². The van der Waals surface area contributed by atoms with Crippen LogP contribution >= 0.6 is 0 Å². The first kappa shape index (κ1) is 13.2. The Labute approximate surface area is 118 Å². The maximum atomic E-state index is 12.6. The molecule has 20 heavy (non-hydrogen) atoms. The van der Waals surface area contributed by atoms with E-state index >= 15 is 0 Å². The summed E-state index contributed by atoms with van der Waals surface area (Å²) in [5.41, 5.74) is -0.763. The molecular formula is C17H18O3. The Kier molecular flexibility index (Phi) is 2.72. The second-order valence-corrected chi connectivity index (χ2v) is 6.76. The van der Waals surface area contributed by atoms with E-state index in [-0.39, 0.29) is 28.7 Å². The van der Waals surface area contributed by atoms with E-state index in [0.29, 0.717) is 19.3 Å². The van der Waals surface area contributed by atoms with Gasteiger partial charge in [0.2, 0.25) is 0 Å². The van der Waals surface area contributed by atoms with Crippen molar-refractivity contribution in [3.8, 4) is 0 Å². The van der Waals surface area contributed by atoms with Gasteiger partial charge in [-0.25, -0.2) is 0 Å². The lowest BCUT2D eigenvalue weighted by molar-refractivity contribution is -0.164. The highest BCUT2D eigenvalue weighted by atomic mass is 16.2. The molecule has 2 aliphatic carbocycles. The zero-order chi connectivity index (χ0) is 14.5. The largest absolute Gasteiger partial charge is 0.298 e. The second-order valence-electron chi connectivity index (χ2n) is 6.76. The monoisotopic (exact) mass is 270 g/mol. The average molecular weight is 270 g/mol. The van der Waals surface area contributed by atoms with Gasteiger partial charge in [0.1, 0.15) is 0 Å². The Bertz CT molecular complexity index is 578. The predicted octanol–water partition coefficient (Wildman–Crippen LogP) is 2.69. The SMILES string of the molecule is CC1(C)CC(=O)C2(C(=O)CC2c2ccccc2)C(=O)C1. The topological polar surface area (TPSA) is 51.2 Å². The van der Waals surface area contributed by atoms with Crippen molar-refractivity contribution in [2.24, 2.45) is 10.8 Å². The molecule has 0 bridgehead atoms. The molecule has 0 aromatic heterocycles. The fraction of sp³-hybridized carbons (Fsp3) is 0.471. The lowest BCUT2D eigenvalue weighted by Gasteiger charge is -2.50. The van der Waals surface area contributed by atoms with Crippen molar-refractivity contribution in [1.29, 1.82) is 0 Å². The molecule has 0 aliphatic heterocycles. The lowest BCUT2D eigenvalue weighted by Crippen LogP contribution is -2.62. The first-order valence-corrected chi connectivity index (χ1v) is 7.03. The maximum absolute atomic E-state index is 12.6. The number of hydrogen-bond acceptors (Lipinski definition) is 3. The zero-order valence-corrected chi connectivity index (χ0v) is 11.8. The number of hydrogen-bond donors (Lipinski definition) is 0. The summed E-state index contributed by atoms with van der Waals surface area (Å²) in [6, 6.07) is 9.46. The molecule has 1 atom stereocenters. The summed E-state index contributed by atoms with van der Waals surface area (Å²) in [5, 5.41) is 0. The highest BCUT2D eigenvalue weighted by Crippen LogP contribution is 2.56. The van der Waals surface area contributed by atoms with Crippen molar-refractivity contribution in [2.75, 3.05) is 0 Å². The van der Waals surface area contributed by atoms with Gasteiger partial charge in [-0.1, -0.05) is 44.2 Å². The fourth-order valence-electron chi connectivity index (χ4n) is 3.68. The van der Waals surface area contributed by atoms with Crippen LogP contribution in [0.1, 0.15) is 44.6 Å². The molecule has 2 fully saturated rings. The normalized spacial score (nSPS) is 27.5. The van der Waals surface area contributed by atoms with Crippen LogP contribution in [-0.2, 0) is 14.4 Å². The van der Waals surface area contributed by atoms with Gasteiger partial charge in [-0.15, -0.1) is 0 Å². The second kappa shape index (κ2) is 4.11. The van der Waals surface area contributed by atoms with Gasteiger partial charge in [0.25, 0.3) is 0 Å². The van der Waals surface area contributed by atoms with Crippen molar-refractivity contribution in [1.82, 2.24) is 0 Å². The molecule has 3 rings (SSSR count). The van der Waals surface area contributed by atoms with E-state index < -0.39 is 5.41 Å². The van der Waals surface area contributed by atoms with Gasteiger partial charge in [-0.05, 0) is 11.0 Å². The minimum absolute atomic E-state index is 0.177. The number of carbonyl (C=O) groups is 3. The minimum atomic E-state index is -1.36. The van der Waals surface area contributed by atoms with E-state index in [1.807, 2.05) is 44.2 Å². The molecule has 0 radical (unpaired) electrons. The van der Waals surface area contributed by atoms with Gasteiger partial charge in [-0.3, -0.25) is 14.4 Å². The molecule has 1 spiro atoms. The van der Waals surface area contributed by atoms with Crippen LogP contribution < -0.4 is 0 Å². The van der Waals surface area contributed by atoms with Gasteiger partial charge in [0.15, 0.2) is 22.8 Å². The molecule has 0 N–H and O–H groups in total. The Balaban J connectivity index is 2.04. The smallest absolute Gasteiger partial charge is 0.155 e. The number of carbonyl (C=O) groups excluding carboxylic acids is 3. The van der Waals surface area contributed by atoms with Crippen LogP contribution in [0, 0.1) is 10.8 Å². The molecular weight excluding hydrogens is 252 g/mol. The number of Topliss-reactive ketones (excluding diaryl/α,β-unsaturated/α-hetero) is 3. The van der Waals surface area contributed by atoms with Gasteiger partial charge in [0.05, 0.1) is 0 Å². The first-order valence-electron chi connectivity index (χ1n) is 7.03. The van der Waals surface area contributed by atoms with E-state index in [4.69, 9.17) is 0 Å². The third kappa shape index (κ3) is 1.62. The standard InChI is InChI=1S/C17H18O3/c1-16(2)9-14(19)17(15(20)10-16)12(8-13(17)18)11-6-4-3-5-7-11/h3-7,12H,8-10H2,1-2H3. The Morgan fingerprint density at radius 2 is 1.45 bits per heavy atom. The number of rotatable bonds is 1. The van der Waals surface area contributed by atoms with Gasteiger partial charge in [0, 0.05) is 25.2 Å². The molecule has 3 nitrogen and oxygen atoms in total. The zero-order valence-electron chi connectivity index (χ0n) is 11.8. The molecule has 0 saturated heterocycles. The molecule has 2 saturated carbocycles. The Morgan fingerprint density at radius 1 is 0.900 bits per heavy atom. The van der Waals surface area contributed by atoms with Crippen molar-refractivity contribution in [3.63, 3.8) is 0 Å².